The van der Waals surface area contributed by atoms with Gasteiger partial charge >= 0.3 is 6.03 Å². The van der Waals surface area contributed by atoms with Gasteiger partial charge in [0.2, 0.25) is 0 Å². The summed E-state index contributed by atoms with van der Waals surface area (Å²) in [5.41, 5.74) is 4.92. The van der Waals surface area contributed by atoms with Gasteiger partial charge in [0.25, 0.3) is 0 Å². The zero-order chi connectivity index (χ0) is 11.4. The molecule has 4 N–H and O–H groups in total. The summed E-state index contributed by atoms with van der Waals surface area (Å²) >= 11 is 0. The van der Waals surface area contributed by atoms with Gasteiger partial charge in [-0.1, -0.05) is 39.0 Å². The third-order valence-corrected chi connectivity index (χ3v) is 2.31. The van der Waals surface area contributed by atoms with E-state index in [0.29, 0.717) is 6.54 Å². The first-order valence-corrected chi connectivity index (χ1v) is 6.01. The molecule has 0 rings (SSSR count). The second-order valence-corrected chi connectivity index (χ2v) is 3.81. The first kappa shape index (κ1) is 14.2. The highest BCUT2D eigenvalue weighted by molar-refractivity contribution is 5.71. The van der Waals surface area contributed by atoms with E-state index in [9.17, 15) is 4.79 Å². The van der Waals surface area contributed by atoms with Crippen molar-refractivity contribution in [1.29, 1.82) is 0 Å². The maximum absolute atomic E-state index is 10.3. The van der Waals surface area contributed by atoms with Crippen LogP contribution in [0.5, 0.6) is 0 Å². The number of rotatable bonds is 10. The Morgan fingerprint density at radius 1 is 1.00 bits per heavy atom. The Balaban J connectivity index is 2.89. The van der Waals surface area contributed by atoms with Crippen LogP contribution in [0, 0.1) is 0 Å². The molecule has 2 amide bonds. The molecule has 0 bridgehead atoms. The fraction of sp³-hybridized carbons (Fsp3) is 0.909. The molecule has 0 fully saturated rings. The zero-order valence-corrected chi connectivity index (χ0v) is 9.85. The average molecular weight is 215 g/mol. The Morgan fingerprint density at radius 3 is 2.33 bits per heavy atom. The molecule has 0 spiro atoms. The third kappa shape index (κ3) is 13.2. The van der Waals surface area contributed by atoms with Gasteiger partial charge in [-0.15, -0.1) is 0 Å². The maximum Gasteiger partial charge on any atom is 0.312 e. The first-order valence-electron chi connectivity index (χ1n) is 6.01. The number of nitrogens with two attached hydrogens (primary N) is 1. The van der Waals surface area contributed by atoms with Crippen LogP contribution in [-0.2, 0) is 0 Å². The smallest absolute Gasteiger partial charge is 0.312 e. The van der Waals surface area contributed by atoms with Gasteiger partial charge in [0.05, 0.1) is 0 Å². The van der Waals surface area contributed by atoms with E-state index < -0.39 is 6.03 Å². The van der Waals surface area contributed by atoms with Crippen molar-refractivity contribution in [3.8, 4) is 0 Å². The van der Waals surface area contributed by atoms with Crippen molar-refractivity contribution >= 4 is 6.03 Å². The van der Waals surface area contributed by atoms with Crippen molar-refractivity contribution in [2.45, 2.75) is 45.4 Å². The summed E-state index contributed by atoms with van der Waals surface area (Å²) in [6.07, 6.45) is 7.89. The molecule has 0 saturated carbocycles. The number of carbonyl (C=O) groups is 1. The quantitative estimate of drug-likeness (QED) is 0.485. The highest BCUT2D eigenvalue weighted by atomic mass is 16.2. The minimum Gasteiger partial charge on any atom is -0.352 e. The van der Waals surface area contributed by atoms with Crippen molar-refractivity contribution in [3.05, 3.63) is 0 Å². The highest BCUT2D eigenvalue weighted by Gasteiger charge is 1.92. The van der Waals surface area contributed by atoms with Crippen LogP contribution < -0.4 is 16.4 Å². The summed E-state index contributed by atoms with van der Waals surface area (Å²) < 4.78 is 0. The number of hydrogen-bond donors (Lipinski definition) is 3. The highest BCUT2D eigenvalue weighted by Crippen LogP contribution is 2.03. The largest absolute Gasteiger partial charge is 0.352 e. The van der Waals surface area contributed by atoms with Crippen LogP contribution in [0.4, 0.5) is 4.79 Å². The van der Waals surface area contributed by atoms with E-state index in [1.54, 1.807) is 0 Å². The van der Waals surface area contributed by atoms with Crippen LogP contribution in [0.1, 0.15) is 45.4 Å². The third-order valence-electron chi connectivity index (χ3n) is 2.31. The molecule has 0 saturated heterocycles. The van der Waals surface area contributed by atoms with Crippen LogP contribution >= 0.6 is 0 Å². The lowest BCUT2D eigenvalue weighted by atomic mass is 10.1. The number of urea groups is 1. The molecule has 0 unspecified atom stereocenters. The molecule has 0 aliphatic heterocycles. The number of amides is 2. The fourth-order valence-corrected chi connectivity index (χ4v) is 1.43. The zero-order valence-electron chi connectivity index (χ0n) is 9.85. The van der Waals surface area contributed by atoms with E-state index in [-0.39, 0.29) is 0 Å². The summed E-state index contributed by atoms with van der Waals surface area (Å²) in [6, 6.07) is -0.448. The van der Waals surface area contributed by atoms with E-state index in [2.05, 4.69) is 17.6 Å². The van der Waals surface area contributed by atoms with Crippen LogP contribution in [0.2, 0.25) is 0 Å². The van der Waals surface area contributed by atoms with Crippen LogP contribution in [-0.4, -0.2) is 25.7 Å². The topological polar surface area (TPSA) is 67.2 Å². The van der Waals surface area contributed by atoms with Crippen molar-refractivity contribution in [3.63, 3.8) is 0 Å². The average Bonchev–Trinajstić information content (AvgIpc) is 2.20. The van der Waals surface area contributed by atoms with E-state index in [4.69, 9.17) is 5.73 Å². The van der Waals surface area contributed by atoms with Crippen molar-refractivity contribution in [2.24, 2.45) is 5.73 Å². The number of unbranched alkanes of at least 4 members (excludes halogenated alkanes) is 5. The van der Waals surface area contributed by atoms with Gasteiger partial charge in [-0.2, -0.15) is 0 Å². The summed E-state index contributed by atoms with van der Waals surface area (Å²) in [5, 5.41) is 5.80. The molecular formula is C11H25N3O. The van der Waals surface area contributed by atoms with E-state index >= 15 is 0 Å². The first-order chi connectivity index (χ1) is 7.27. The number of hydrogen-bond acceptors (Lipinski definition) is 2. The summed E-state index contributed by atoms with van der Waals surface area (Å²) in [7, 11) is 0. The van der Waals surface area contributed by atoms with Gasteiger partial charge in [0.15, 0.2) is 0 Å². The lowest BCUT2D eigenvalue weighted by Gasteiger charge is -2.04. The minimum absolute atomic E-state index is 0.448. The number of carbonyl (C=O) groups excluding carboxylic acids is 1. The molecule has 0 aromatic heterocycles. The molecule has 0 atom stereocenters. The normalized spacial score (nSPS) is 10.2. The predicted molar refractivity (Wildman–Crippen MR) is 63.8 cm³/mol. The fourth-order valence-electron chi connectivity index (χ4n) is 1.43. The van der Waals surface area contributed by atoms with Crippen LogP contribution in [0.3, 0.4) is 0 Å². The van der Waals surface area contributed by atoms with Gasteiger partial charge in [-0.25, -0.2) is 4.79 Å². The van der Waals surface area contributed by atoms with E-state index in [1.165, 1.54) is 38.5 Å². The molecule has 0 aliphatic carbocycles. The van der Waals surface area contributed by atoms with E-state index in [0.717, 1.165) is 13.1 Å². The SMILES string of the molecule is CCCCCCCCNCCNC(N)=O. The molecule has 0 aromatic carbocycles. The predicted octanol–water partition coefficient (Wildman–Crippen LogP) is 1.60. The molecule has 0 heterocycles. The second-order valence-electron chi connectivity index (χ2n) is 3.81. The molecule has 15 heavy (non-hydrogen) atoms. The number of primary amides is 1. The minimum atomic E-state index is -0.448. The lowest BCUT2D eigenvalue weighted by molar-refractivity contribution is 0.249. The van der Waals surface area contributed by atoms with Gasteiger partial charge in [-0.3, -0.25) is 0 Å². The molecule has 90 valence electrons. The summed E-state index contributed by atoms with van der Waals surface area (Å²) in [5.74, 6) is 0. The van der Waals surface area contributed by atoms with Crippen molar-refractivity contribution < 1.29 is 4.79 Å². The Labute approximate surface area is 93.0 Å². The Hall–Kier alpha value is -0.770. The summed E-state index contributed by atoms with van der Waals surface area (Å²) in [6.45, 7) is 4.68. The monoisotopic (exact) mass is 215 g/mol. The Morgan fingerprint density at radius 2 is 1.67 bits per heavy atom. The summed E-state index contributed by atoms with van der Waals surface area (Å²) in [4.78, 5) is 10.3. The van der Waals surface area contributed by atoms with Gasteiger partial charge in [0.1, 0.15) is 0 Å². The van der Waals surface area contributed by atoms with Gasteiger partial charge < -0.3 is 16.4 Å². The molecule has 4 heteroatoms. The second kappa shape index (κ2) is 11.3. The van der Waals surface area contributed by atoms with Gasteiger partial charge in [-0.05, 0) is 13.0 Å². The Kier molecular flexibility index (Phi) is 10.7. The van der Waals surface area contributed by atoms with Crippen molar-refractivity contribution in [1.82, 2.24) is 10.6 Å². The van der Waals surface area contributed by atoms with E-state index in [1.807, 2.05) is 0 Å². The molecule has 0 aliphatic rings. The lowest BCUT2D eigenvalue weighted by Crippen LogP contribution is -2.35. The Bertz CT molecular complexity index is 151. The van der Waals surface area contributed by atoms with Crippen LogP contribution in [0.15, 0.2) is 0 Å². The standard InChI is InChI=1S/C11H25N3O/c1-2-3-4-5-6-7-8-13-9-10-14-11(12)15/h13H,2-10H2,1H3,(H3,12,14,15). The number of nitrogens with one attached hydrogen (secondary N) is 2. The van der Waals surface area contributed by atoms with Crippen LogP contribution in [0.25, 0.3) is 0 Å². The molecule has 4 nitrogen and oxygen atoms in total. The van der Waals surface area contributed by atoms with Gasteiger partial charge in [0, 0.05) is 13.1 Å². The van der Waals surface area contributed by atoms with Crippen molar-refractivity contribution in [2.75, 3.05) is 19.6 Å². The molecular weight excluding hydrogens is 190 g/mol. The molecule has 0 aromatic rings. The maximum atomic E-state index is 10.3. The molecule has 0 radical (unpaired) electrons.